The molecule has 2 unspecified atom stereocenters. The second-order valence-electron chi connectivity index (χ2n) is 9.31. The number of phenolic OH excluding ortho intramolecular Hbond substituents is 2. The highest BCUT2D eigenvalue weighted by molar-refractivity contribution is 5.85. The minimum atomic E-state index is -0.349. The van der Waals surface area contributed by atoms with Crippen LogP contribution in [0.4, 0.5) is 0 Å². The van der Waals surface area contributed by atoms with Crippen molar-refractivity contribution >= 4 is 12.4 Å². The molecule has 0 saturated carbocycles. The number of aryl methyl sites for hydroxylation is 4. The molecule has 4 heteroatoms. The Balaban J connectivity index is 1.84. The van der Waals surface area contributed by atoms with Crippen LogP contribution in [0, 0.1) is 27.7 Å². The summed E-state index contributed by atoms with van der Waals surface area (Å²) in [5, 5.41) is 21.3. The molecule has 4 aromatic rings. The molecule has 4 rings (SSSR count). The van der Waals surface area contributed by atoms with Gasteiger partial charge in [0.2, 0.25) is 0 Å². The number of hydrogen-bond acceptors (Lipinski definition) is 4. The van der Waals surface area contributed by atoms with Gasteiger partial charge in [-0.2, -0.15) is 0 Å². The van der Waals surface area contributed by atoms with E-state index in [9.17, 15) is 10.2 Å². The molecule has 2 atom stereocenters. The number of benzene rings is 4. The number of aromatic hydroxyl groups is 2. The van der Waals surface area contributed by atoms with Crippen LogP contribution in [0.5, 0.6) is 11.5 Å². The summed E-state index contributed by atoms with van der Waals surface area (Å²) in [4.78, 5) is 9.99. The van der Waals surface area contributed by atoms with Gasteiger partial charge in [0.15, 0.2) is 0 Å². The van der Waals surface area contributed by atoms with Crippen molar-refractivity contribution in [1.82, 2.24) is 0 Å². The number of hydrogen-bond donors (Lipinski definition) is 2. The minimum absolute atomic E-state index is 0.232. The van der Waals surface area contributed by atoms with E-state index in [1.54, 1.807) is 12.4 Å². The van der Waals surface area contributed by atoms with Gasteiger partial charge in [0.1, 0.15) is 23.6 Å². The summed E-state index contributed by atoms with van der Waals surface area (Å²) in [7, 11) is 0. The zero-order valence-electron chi connectivity index (χ0n) is 21.2. The molecule has 4 nitrogen and oxygen atoms in total. The van der Waals surface area contributed by atoms with E-state index in [0.717, 1.165) is 33.4 Å². The molecule has 0 heterocycles. The highest BCUT2D eigenvalue weighted by atomic mass is 16.3. The molecule has 4 aromatic carbocycles. The highest BCUT2D eigenvalue weighted by Gasteiger charge is 2.23. The molecule has 0 radical (unpaired) electrons. The Morgan fingerprint density at radius 3 is 1.28 bits per heavy atom. The second-order valence-corrected chi connectivity index (χ2v) is 9.31. The van der Waals surface area contributed by atoms with Crippen LogP contribution >= 0.6 is 0 Å². The van der Waals surface area contributed by atoms with Crippen LogP contribution in [0.2, 0.25) is 0 Å². The van der Waals surface area contributed by atoms with Gasteiger partial charge in [0, 0.05) is 23.6 Å². The Morgan fingerprint density at radius 2 is 0.917 bits per heavy atom. The van der Waals surface area contributed by atoms with E-state index in [0.29, 0.717) is 11.1 Å². The summed E-state index contributed by atoms with van der Waals surface area (Å²) in [5.74, 6) is 0.465. The molecule has 2 N–H and O–H groups in total. The Kier molecular flexibility index (Phi) is 7.65. The normalized spacial score (nSPS) is 13.3. The van der Waals surface area contributed by atoms with Crippen molar-refractivity contribution < 1.29 is 10.2 Å². The van der Waals surface area contributed by atoms with Gasteiger partial charge in [-0.15, -0.1) is 0 Å². The van der Waals surface area contributed by atoms with Gasteiger partial charge >= 0.3 is 0 Å². The predicted octanol–water partition coefficient (Wildman–Crippen LogP) is 7.35. The molecule has 0 bridgehead atoms. The first-order valence-electron chi connectivity index (χ1n) is 12.1. The van der Waals surface area contributed by atoms with Crippen LogP contribution in [0.25, 0.3) is 0 Å². The van der Waals surface area contributed by atoms with Crippen LogP contribution in [-0.2, 0) is 0 Å². The van der Waals surface area contributed by atoms with E-state index in [1.807, 2.05) is 113 Å². The third kappa shape index (κ3) is 5.72. The summed E-state index contributed by atoms with van der Waals surface area (Å²) >= 11 is 0. The molecule has 0 spiro atoms. The van der Waals surface area contributed by atoms with Crippen molar-refractivity contribution in [2.24, 2.45) is 9.98 Å². The quantitative estimate of drug-likeness (QED) is 0.274. The smallest absolute Gasteiger partial charge is 0.127 e. The first-order valence-corrected chi connectivity index (χ1v) is 12.1. The van der Waals surface area contributed by atoms with E-state index in [2.05, 4.69) is 0 Å². The first-order chi connectivity index (χ1) is 17.3. The van der Waals surface area contributed by atoms with Gasteiger partial charge in [-0.25, -0.2) is 0 Å². The van der Waals surface area contributed by atoms with Gasteiger partial charge in [-0.3, -0.25) is 9.98 Å². The predicted molar refractivity (Wildman–Crippen MR) is 149 cm³/mol. The third-order valence-corrected chi connectivity index (χ3v) is 6.28. The maximum atomic E-state index is 10.6. The van der Waals surface area contributed by atoms with Crippen LogP contribution in [-0.4, -0.2) is 22.6 Å². The summed E-state index contributed by atoms with van der Waals surface area (Å²) in [6.07, 6.45) is 3.49. The van der Waals surface area contributed by atoms with Crippen molar-refractivity contribution in [3.8, 4) is 11.5 Å². The molecule has 0 aliphatic heterocycles. The Morgan fingerprint density at radius 1 is 0.556 bits per heavy atom. The van der Waals surface area contributed by atoms with Crippen molar-refractivity contribution in [2.45, 2.75) is 39.8 Å². The molecule has 0 amide bonds. The Bertz CT molecular complexity index is 1280. The van der Waals surface area contributed by atoms with Crippen LogP contribution in [0.1, 0.15) is 56.6 Å². The first kappa shape index (κ1) is 24.9. The average molecular weight is 477 g/mol. The zero-order chi connectivity index (χ0) is 25.7. The third-order valence-electron chi connectivity index (χ3n) is 6.28. The number of aliphatic imine (C=N–C) groups is 2. The van der Waals surface area contributed by atoms with Gasteiger partial charge < -0.3 is 10.2 Å². The maximum Gasteiger partial charge on any atom is 0.127 e. The lowest BCUT2D eigenvalue weighted by atomic mass is 9.94. The molecule has 0 aromatic heterocycles. The SMILES string of the molecule is Cc1cc(C)c(O)c(C=NC(c2ccccc2)C(N=Cc2cc(C)cc(C)c2O)c2ccccc2)c1. The molecular formula is C32H32N2O2. The lowest BCUT2D eigenvalue weighted by Gasteiger charge is -2.22. The topological polar surface area (TPSA) is 65.2 Å². The zero-order valence-corrected chi connectivity index (χ0v) is 21.2. The largest absolute Gasteiger partial charge is 0.507 e. The van der Waals surface area contributed by atoms with E-state index >= 15 is 0 Å². The standard InChI is InChI=1S/C32H32N2O2/c1-21-15-23(3)31(35)27(17-21)19-33-29(25-11-7-5-8-12-25)30(26-13-9-6-10-14-26)34-20-28-18-22(2)16-24(4)32(28)36/h5-20,29-30,35-36H,1-4H3. The van der Waals surface area contributed by atoms with Crippen molar-refractivity contribution in [3.05, 3.63) is 129 Å². The lowest BCUT2D eigenvalue weighted by Crippen LogP contribution is -2.09. The molecule has 0 saturated heterocycles. The second kappa shape index (κ2) is 11.0. The maximum absolute atomic E-state index is 10.6. The molecular weight excluding hydrogens is 444 g/mol. The minimum Gasteiger partial charge on any atom is -0.507 e. The average Bonchev–Trinajstić information content (AvgIpc) is 2.87. The summed E-state index contributed by atoms with van der Waals surface area (Å²) < 4.78 is 0. The summed E-state index contributed by atoms with van der Waals surface area (Å²) in [6.45, 7) is 7.79. The van der Waals surface area contributed by atoms with E-state index in [1.165, 1.54) is 0 Å². The van der Waals surface area contributed by atoms with E-state index < -0.39 is 0 Å². The van der Waals surface area contributed by atoms with E-state index in [-0.39, 0.29) is 23.6 Å². The monoisotopic (exact) mass is 476 g/mol. The highest BCUT2D eigenvalue weighted by Crippen LogP contribution is 2.36. The van der Waals surface area contributed by atoms with Crippen molar-refractivity contribution in [1.29, 1.82) is 0 Å². The van der Waals surface area contributed by atoms with E-state index in [4.69, 9.17) is 9.98 Å². The van der Waals surface area contributed by atoms with Crippen molar-refractivity contribution in [2.75, 3.05) is 0 Å². The number of rotatable bonds is 7. The molecule has 0 aliphatic carbocycles. The molecule has 0 fully saturated rings. The molecule has 36 heavy (non-hydrogen) atoms. The number of nitrogens with zero attached hydrogens (tertiary/aromatic N) is 2. The fraction of sp³-hybridized carbons (Fsp3) is 0.188. The van der Waals surface area contributed by atoms with Gasteiger partial charge in [0.25, 0.3) is 0 Å². The van der Waals surface area contributed by atoms with Crippen molar-refractivity contribution in [3.63, 3.8) is 0 Å². The Hall–Kier alpha value is -4.18. The van der Waals surface area contributed by atoms with Crippen LogP contribution in [0.3, 0.4) is 0 Å². The van der Waals surface area contributed by atoms with Crippen LogP contribution < -0.4 is 0 Å². The molecule has 182 valence electrons. The fourth-order valence-electron chi connectivity index (χ4n) is 4.50. The Labute approximate surface area is 213 Å². The van der Waals surface area contributed by atoms with Gasteiger partial charge in [-0.05, 0) is 73.2 Å². The summed E-state index contributed by atoms with van der Waals surface area (Å²) in [5.41, 5.74) is 7.12. The van der Waals surface area contributed by atoms with Gasteiger partial charge in [0.05, 0.1) is 0 Å². The number of phenols is 2. The van der Waals surface area contributed by atoms with Gasteiger partial charge in [-0.1, -0.05) is 72.8 Å². The molecule has 0 aliphatic rings. The fourth-order valence-corrected chi connectivity index (χ4v) is 4.50. The van der Waals surface area contributed by atoms with Crippen LogP contribution in [0.15, 0.2) is 94.9 Å². The lowest BCUT2D eigenvalue weighted by molar-refractivity contribution is 0.469. The summed E-state index contributed by atoms with van der Waals surface area (Å²) in [6, 6.07) is 27.2.